The minimum atomic E-state index is -0.424. The van der Waals surface area contributed by atoms with Crippen LogP contribution < -0.4 is 15.1 Å². The molecule has 1 N–H and O–H groups in total. The molecule has 1 aliphatic heterocycles. The van der Waals surface area contributed by atoms with Gasteiger partial charge in [-0.1, -0.05) is 22.9 Å². The number of carbonyl (C=O) groups is 1. The Kier molecular flexibility index (Phi) is 6.11. The molecule has 4 rings (SSSR count). The van der Waals surface area contributed by atoms with Gasteiger partial charge in [0.15, 0.2) is 5.76 Å². The lowest BCUT2D eigenvalue weighted by atomic mass is 9.80. The molecule has 0 saturated carbocycles. The first-order valence-electron chi connectivity index (χ1n) is 10.3. The first kappa shape index (κ1) is 22.9. The Bertz CT molecular complexity index is 1230. The molecule has 32 heavy (non-hydrogen) atoms. The van der Waals surface area contributed by atoms with Crippen LogP contribution in [0.5, 0.6) is 5.75 Å². The predicted octanol–water partition coefficient (Wildman–Crippen LogP) is 6.45. The fraction of sp³-hybridized carbons (Fsp3) is 0.333. The van der Waals surface area contributed by atoms with Crippen LogP contribution in [0.15, 0.2) is 48.8 Å². The van der Waals surface area contributed by atoms with Crippen molar-refractivity contribution >= 4 is 60.6 Å². The van der Waals surface area contributed by atoms with Gasteiger partial charge in [0.05, 0.1) is 17.8 Å². The maximum Gasteiger partial charge on any atom is 0.307 e. The van der Waals surface area contributed by atoms with E-state index in [1.165, 1.54) is 5.56 Å². The second-order valence-corrected chi connectivity index (χ2v) is 10.5. The quantitative estimate of drug-likeness (QED) is 0.293. The van der Waals surface area contributed by atoms with Crippen molar-refractivity contribution in [2.45, 2.75) is 38.6 Å². The van der Waals surface area contributed by atoms with Gasteiger partial charge in [0.2, 0.25) is 0 Å². The summed E-state index contributed by atoms with van der Waals surface area (Å²) < 4.78 is 13.0. The third kappa shape index (κ3) is 4.18. The molecular weight excluding hydrogens is 538 g/mol. The van der Waals surface area contributed by atoms with Gasteiger partial charge < -0.3 is 14.1 Å². The molecule has 168 valence electrons. The highest BCUT2D eigenvalue weighted by atomic mass is 79.9. The van der Waals surface area contributed by atoms with Crippen molar-refractivity contribution in [3.63, 3.8) is 0 Å². The monoisotopic (exact) mass is 561 g/mol. The number of hydrogen-bond donors (Lipinski definition) is 1. The fourth-order valence-electron chi connectivity index (χ4n) is 4.29. The molecule has 0 radical (unpaired) electrons. The third-order valence-electron chi connectivity index (χ3n) is 6.11. The molecule has 0 fully saturated rings. The first-order valence-corrected chi connectivity index (χ1v) is 11.9. The molecule has 2 aromatic carbocycles. The molecule has 1 amide bonds. The van der Waals surface area contributed by atoms with Crippen molar-refractivity contribution in [1.82, 2.24) is 5.43 Å². The molecule has 1 atom stereocenters. The van der Waals surface area contributed by atoms with Gasteiger partial charge in [-0.2, -0.15) is 5.10 Å². The van der Waals surface area contributed by atoms with E-state index < -0.39 is 5.91 Å². The Hall–Kier alpha value is -2.32. The Morgan fingerprint density at radius 2 is 2.03 bits per heavy atom. The molecule has 0 spiro atoms. The fourth-order valence-corrected chi connectivity index (χ4v) is 5.63. The van der Waals surface area contributed by atoms with Gasteiger partial charge in [0.1, 0.15) is 11.3 Å². The molecule has 0 aliphatic carbocycles. The third-order valence-corrected chi connectivity index (χ3v) is 7.16. The highest BCUT2D eigenvalue weighted by Crippen LogP contribution is 2.44. The summed E-state index contributed by atoms with van der Waals surface area (Å²) in [7, 11) is 3.75. The van der Waals surface area contributed by atoms with Crippen LogP contribution in [0, 0.1) is 0 Å². The van der Waals surface area contributed by atoms with Crippen LogP contribution in [0.2, 0.25) is 0 Å². The highest BCUT2D eigenvalue weighted by Gasteiger charge is 2.34. The standard InChI is InChI=1S/C24H25Br2N3O3/c1-13-11-24(2,3)29(4)19-10-20(31-5)15(7-17(13)19)12-27-28-23(30)21-8-14-6-16(25)9-18(26)22(14)32-21/h6-10,12-13H,11H2,1-5H3,(H,28,30)/b27-12-. The highest BCUT2D eigenvalue weighted by molar-refractivity contribution is 9.11. The van der Waals surface area contributed by atoms with Crippen molar-refractivity contribution < 1.29 is 13.9 Å². The zero-order chi connectivity index (χ0) is 23.2. The zero-order valence-corrected chi connectivity index (χ0v) is 21.8. The molecular formula is C24H25Br2N3O3. The first-order chi connectivity index (χ1) is 15.1. The number of nitrogens with zero attached hydrogens (tertiary/aromatic N) is 2. The van der Waals surface area contributed by atoms with Crippen LogP contribution >= 0.6 is 31.9 Å². The van der Waals surface area contributed by atoms with Crippen molar-refractivity contribution in [1.29, 1.82) is 0 Å². The molecule has 1 unspecified atom stereocenters. The number of hydrogen-bond acceptors (Lipinski definition) is 5. The van der Waals surface area contributed by atoms with E-state index in [9.17, 15) is 4.79 Å². The van der Waals surface area contributed by atoms with Crippen LogP contribution in [0.25, 0.3) is 11.0 Å². The number of fused-ring (bicyclic) bond motifs is 2. The van der Waals surface area contributed by atoms with Gasteiger partial charge in [-0.25, -0.2) is 5.43 Å². The zero-order valence-electron chi connectivity index (χ0n) is 18.6. The topological polar surface area (TPSA) is 67.1 Å². The van der Waals surface area contributed by atoms with Crippen LogP contribution in [0.3, 0.4) is 0 Å². The molecule has 1 aliphatic rings. The predicted molar refractivity (Wildman–Crippen MR) is 135 cm³/mol. The molecule has 2 heterocycles. The lowest BCUT2D eigenvalue weighted by molar-refractivity contribution is 0.0929. The molecule has 3 aromatic rings. The largest absolute Gasteiger partial charge is 0.496 e. The van der Waals surface area contributed by atoms with E-state index in [2.05, 4.69) is 81.2 Å². The Labute approximate surface area is 204 Å². The number of furan rings is 1. The maximum absolute atomic E-state index is 12.6. The van der Waals surface area contributed by atoms with Crippen LogP contribution in [-0.4, -0.2) is 31.8 Å². The number of benzene rings is 2. The van der Waals surface area contributed by atoms with E-state index in [-0.39, 0.29) is 11.3 Å². The van der Waals surface area contributed by atoms with E-state index in [1.54, 1.807) is 19.4 Å². The maximum atomic E-state index is 12.6. The van der Waals surface area contributed by atoms with Crippen LogP contribution in [-0.2, 0) is 0 Å². The van der Waals surface area contributed by atoms with E-state index >= 15 is 0 Å². The number of hydrazone groups is 1. The second kappa shape index (κ2) is 8.56. The van der Waals surface area contributed by atoms with Crippen LogP contribution in [0.4, 0.5) is 5.69 Å². The number of anilines is 1. The second-order valence-electron chi connectivity index (χ2n) is 8.75. The van der Waals surface area contributed by atoms with Crippen molar-refractivity contribution in [3.05, 3.63) is 56.2 Å². The number of amides is 1. The smallest absolute Gasteiger partial charge is 0.307 e. The van der Waals surface area contributed by atoms with Gasteiger partial charge >= 0.3 is 5.91 Å². The number of rotatable bonds is 4. The summed E-state index contributed by atoms with van der Waals surface area (Å²) in [5, 5.41) is 4.98. The van der Waals surface area contributed by atoms with Crippen molar-refractivity contribution in [2.75, 3.05) is 19.1 Å². The summed E-state index contributed by atoms with van der Waals surface area (Å²) in [5.41, 5.74) is 6.44. The minimum absolute atomic E-state index is 0.0676. The average molecular weight is 563 g/mol. The number of nitrogens with one attached hydrogen (secondary N) is 1. The van der Waals surface area contributed by atoms with E-state index in [4.69, 9.17) is 9.15 Å². The molecule has 0 saturated heterocycles. The lowest BCUT2D eigenvalue weighted by Gasteiger charge is -2.45. The Balaban J connectivity index is 1.58. The molecule has 6 nitrogen and oxygen atoms in total. The Morgan fingerprint density at radius 1 is 1.28 bits per heavy atom. The van der Waals surface area contributed by atoms with Crippen LogP contribution in [0.1, 0.15) is 54.8 Å². The number of carbonyl (C=O) groups excluding carboxylic acids is 1. The van der Waals surface area contributed by atoms with Gasteiger partial charge in [-0.15, -0.1) is 0 Å². The summed E-state index contributed by atoms with van der Waals surface area (Å²) in [4.78, 5) is 14.9. The number of halogens is 2. The van der Waals surface area contributed by atoms with Gasteiger partial charge in [0.25, 0.3) is 0 Å². The van der Waals surface area contributed by atoms with E-state index in [1.807, 2.05) is 18.2 Å². The van der Waals surface area contributed by atoms with Gasteiger partial charge in [-0.3, -0.25) is 4.79 Å². The minimum Gasteiger partial charge on any atom is -0.496 e. The van der Waals surface area contributed by atoms with Gasteiger partial charge in [0, 0.05) is 39.8 Å². The normalized spacial score (nSPS) is 17.6. The summed E-state index contributed by atoms with van der Waals surface area (Å²) in [6, 6.07) is 9.59. The lowest BCUT2D eigenvalue weighted by Crippen LogP contribution is -2.45. The van der Waals surface area contributed by atoms with E-state index in [0.29, 0.717) is 17.3 Å². The van der Waals surface area contributed by atoms with E-state index in [0.717, 1.165) is 32.0 Å². The molecule has 8 heteroatoms. The molecule has 1 aromatic heterocycles. The summed E-state index contributed by atoms with van der Waals surface area (Å²) >= 11 is 6.89. The number of methoxy groups -OCH3 is 1. The summed E-state index contributed by atoms with van der Waals surface area (Å²) in [5.74, 6) is 0.867. The summed E-state index contributed by atoms with van der Waals surface area (Å²) in [6.45, 7) is 6.74. The SMILES string of the molecule is COc1cc2c(cc1/C=N\NC(=O)c1cc3cc(Br)cc(Br)c3o1)C(C)CC(C)(C)N2C. The Morgan fingerprint density at radius 3 is 2.75 bits per heavy atom. The molecule has 0 bridgehead atoms. The van der Waals surface area contributed by atoms with Crippen molar-refractivity contribution in [3.8, 4) is 5.75 Å². The average Bonchev–Trinajstić information content (AvgIpc) is 3.16. The van der Waals surface area contributed by atoms with Crippen molar-refractivity contribution in [2.24, 2.45) is 5.10 Å². The number of ether oxygens (including phenoxy) is 1. The van der Waals surface area contributed by atoms with Gasteiger partial charge in [-0.05, 0) is 71.9 Å². The summed E-state index contributed by atoms with van der Waals surface area (Å²) in [6.07, 6.45) is 2.66.